The van der Waals surface area contributed by atoms with E-state index in [9.17, 15) is 0 Å². The Bertz CT molecular complexity index is 583. The molecule has 0 aliphatic heterocycles. The number of rotatable bonds is 6. The Hall–Kier alpha value is -0.700. The Morgan fingerprint density at radius 3 is 2.29 bits per heavy atom. The SMILES string of the molecule is COc1ccc(Br)c(CC(CCl)(CCl)c2ccccc2)c1. The molecule has 0 heterocycles. The van der Waals surface area contributed by atoms with Crippen LogP contribution in [-0.4, -0.2) is 18.9 Å². The van der Waals surface area contributed by atoms with Gasteiger partial charge in [0, 0.05) is 21.6 Å². The zero-order valence-electron chi connectivity index (χ0n) is 11.8. The number of hydrogen-bond acceptors (Lipinski definition) is 1. The van der Waals surface area contributed by atoms with Crippen LogP contribution in [0.15, 0.2) is 53.0 Å². The van der Waals surface area contributed by atoms with E-state index >= 15 is 0 Å². The van der Waals surface area contributed by atoms with Crippen LogP contribution in [0.4, 0.5) is 0 Å². The molecule has 0 fully saturated rings. The smallest absolute Gasteiger partial charge is 0.119 e. The lowest BCUT2D eigenvalue weighted by atomic mass is 9.79. The zero-order valence-corrected chi connectivity index (χ0v) is 14.9. The van der Waals surface area contributed by atoms with Crippen molar-refractivity contribution in [1.29, 1.82) is 0 Å². The Balaban J connectivity index is 2.41. The highest BCUT2D eigenvalue weighted by Crippen LogP contribution is 2.35. The van der Waals surface area contributed by atoms with Crippen molar-refractivity contribution in [1.82, 2.24) is 0 Å². The molecule has 0 saturated heterocycles. The molecule has 2 aromatic rings. The fourth-order valence-electron chi connectivity index (χ4n) is 2.36. The third-order valence-electron chi connectivity index (χ3n) is 3.68. The largest absolute Gasteiger partial charge is 0.497 e. The van der Waals surface area contributed by atoms with Crippen LogP contribution < -0.4 is 4.74 Å². The van der Waals surface area contributed by atoms with Gasteiger partial charge in [0.1, 0.15) is 5.75 Å². The standard InChI is InChI=1S/C17H17BrCl2O/c1-21-15-7-8-16(18)13(9-15)10-17(11-19,12-20)14-5-3-2-4-6-14/h2-9H,10-12H2,1H3. The van der Waals surface area contributed by atoms with Gasteiger partial charge >= 0.3 is 0 Å². The molecule has 1 nitrogen and oxygen atoms in total. The lowest BCUT2D eigenvalue weighted by Crippen LogP contribution is -2.33. The van der Waals surface area contributed by atoms with Gasteiger partial charge in [0.2, 0.25) is 0 Å². The molecule has 0 N–H and O–H groups in total. The molecular weight excluding hydrogens is 371 g/mol. The number of benzene rings is 2. The number of alkyl halides is 2. The molecule has 21 heavy (non-hydrogen) atoms. The molecule has 4 heteroatoms. The van der Waals surface area contributed by atoms with Gasteiger partial charge in [0.15, 0.2) is 0 Å². The van der Waals surface area contributed by atoms with Crippen LogP contribution in [0.1, 0.15) is 11.1 Å². The predicted molar refractivity (Wildman–Crippen MR) is 94.0 cm³/mol. The first-order chi connectivity index (χ1) is 10.1. The van der Waals surface area contributed by atoms with E-state index in [1.54, 1.807) is 7.11 Å². The van der Waals surface area contributed by atoms with Crippen molar-refractivity contribution in [3.8, 4) is 5.75 Å². The number of hydrogen-bond donors (Lipinski definition) is 0. The summed E-state index contributed by atoms with van der Waals surface area (Å²) in [6.45, 7) is 0. The zero-order chi connectivity index (χ0) is 15.3. The lowest BCUT2D eigenvalue weighted by molar-refractivity contribution is 0.413. The average Bonchev–Trinajstić information content (AvgIpc) is 2.55. The van der Waals surface area contributed by atoms with Crippen molar-refractivity contribution in [2.24, 2.45) is 0 Å². The van der Waals surface area contributed by atoms with Crippen molar-refractivity contribution in [2.45, 2.75) is 11.8 Å². The van der Waals surface area contributed by atoms with Crippen LogP contribution in [0.25, 0.3) is 0 Å². The molecule has 112 valence electrons. The Morgan fingerprint density at radius 1 is 1.05 bits per heavy atom. The summed E-state index contributed by atoms with van der Waals surface area (Å²) < 4.78 is 6.35. The second-order valence-corrected chi connectivity index (χ2v) is 6.44. The number of halogens is 3. The minimum absolute atomic E-state index is 0.292. The topological polar surface area (TPSA) is 9.23 Å². The van der Waals surface area contributed by atoms with E-state index < -0.39 is 0 Å². The van der Waals surface area contributed by atoms with Gasteiger partial charge in [-0.15, -0.1) is 23.2 Å². The maximum absolute atomic E-state index is 6.30. The second-order valence-electron chi connectivity index (χ2n) is 5.05. The Morgan fingerprint density at radius 2 is 1.71 bits per heavy atom. The minimum atomic E-state index is -0.292. The maximum atomic E-state index is 6.30. The van der Waals surface area contributed by atoms with Gasteiger partial charge < -0.3 is 4.74 Å². The van der Waals surface area contributed by atoms with Gasteiger partial charge in [-0.05, 0) is 35.7 Å². The van der Waals surface area contributed by atoms with Crippen LogP contribution in [0, 0.1) is 0 Å². The summed E-state index contributed by atoms with van der Waals surface area (Å²) in [4.78, 5) is 0. The van der Waals surface area contributed by atoms with E-state index in [-0.39, 0.29) is 5.41 Å². The highest BCUT2D eigenvalue weighted by atomic mass is 79.9. The first kappa shape index (κ1) is 16.7. The van der Waals surface area contributed by atoms with Gasteiger partial charge in [0.25, 0.3) is 0 Å². The fraction of sp³-hybridized carbons (Fsp3) is 0.294. The van der Waals surface area contributed by atoms with E-state index in [1.807, 2.05) is 36.4 Å². The molecule has 0 amide bonds. The summed E-state index contributed by atoms with van der Waals surface area (Å²) in [5.74, 6) is 1.76. The van der Waals surface area contributed by atoms with Gasteiger partial charge in [-0.25, -0.2) is 0 Å². The minimum Gasteiger partial charge on any atom is -0.497 e. The van der Waals surface area contributed by atoms with Crippen LogP contribution in [-0.2, 0) is 11.8 Å². The third-order valence-corrected chi connectivity index (χ3v) is 5.48. The van der Waals surface area contributed by atoms with Gasteiger partial charge in [0.05, 0.1) is 7.11 Å². The van der Waals surface area contributed by atoms with Crippen LogP contribution >= 0.6 is 39.1 Å². The fourth-order valence-corrected chi connectivity index (χ4v) is 3.53. The van der Waals surface area contributed by atoms with Crippen molar-refractivity contribution in [3.05, 3.63) is 64.1 Å². The molecule has 2 rings (SSSR count). The van der Waals surface area contributed by atoms with E-state index in [0.29, 0.717) is 11.8 Å². The molecular formula is C17H17BrCl2O. The Kier molecular flexibility index (Phi) is 5.98. The second kappa shape index (κ2) is 7.53. The average molecular weight is 388 g/mol. The van der Waals surface area contributed by atoms with Gasteiger partial charge in [-0.1, -0.05) is 46.3 Å². The molecule has 0 saturated carbocycles. The summed E-state index contributed by atoms with van der Waals surface area (Å²) in [6, 6.07) is 16.1. The summed E-state index contributed by atoms with van der Waals surface area (Å²) in [5.41, 5.74) is 2.00. The van der Waals surface area contributed by atoms with E-state index in [4.69, 9.17) is 27.9 Å². The molecule has 2 aromatic carbocycles. The van der Waals surface area contributed by atoms with Gasteiger partial charge in [-0.2, -0.15) is 0 Å². The highest BCUT2D eigenvalue weighted by molar-refractivity contribution is 9.10. The van der Waals surface area contributed by atoms with E-state index in [1.165, 1.54) is 0 Å². The van der Waals surface area contributed by atoms with Crippen LogP contribution in [0.2, 0.25) is 0 Å². The highest BCUT2D eigenvalue weighted by Gasteiger charge is 2.31. The molecule has 0 bridgehead atoms. The first-order valence-corrected chi connectivity index (χ1v) is 8.51. The molecule has 0 atom stereocenters. The van der Waals surface area contributed by atoms with E-state index in [0.717, 1.165) is 27.8 Å². The summed E-state index contributed by atoms with van der Waals surface area (Å²) >= 11 is 16.2. The summed E-state index contributed by atoms with van der Waals surface area (Å²) in [6.07, 6.45) is 0.752. The van der Waals surface area contributed by atoms with Crippen molar-refractivity contribution in [2.75, 3.05) is 18.9 Å². The molecule has 0 aromatic heterocycles. The van der Waals surface area contributed by atoms with Crippen molar-refractivity contribution < 1.29 is 4.74 Å². The normalized spacial score (nSPS) is 11.4. The van der Waals surface area contributed by atoms with Crippen LogP contribution in [0.3, 0.4) is 0 Å². The molecule has 0 aliphatic carbocycles. The van der Waals surface area contributed by atoms with Gasteiger partial charge in [-0.3, -0.25) is 0 Å². The molecule has 0 aliphatic rings. The lowest BCUT2D eigenvalue weighted by Gasteiger charge is -2.31. The summed E-state index contributed by atoms with van der Waals surface area (Å²) in [7, 11) is 1.67. The number of ether oxygens (including phenoxy) is 1. The van der Waals surface area contributed by atoms with Crippen molar-refractivity contribution >= 4 is 39.1 Å². The molecule has 0 radical (unpaired) electrons. The number of methoxy groups -OCH3 is 1. The summed E-state index contributed by atoms with van der Waals surface area (Å²) in [5, 5.41) is 0. The quantitative estimate of drug-likeness (QED) is 0.601. The molecule has 0 unspecified atom stereocenters. The van der Waals surface area contributed by atoms with Crippen LogP contribution in [0.5, 0.6) is 5.75 Å². The monoisotopic (exact) mass is 386 g/mol. The maximum Gasteiger partial charge on any atom is 0.119 e. The first-order valence-electron chi connectivity index (χ1n) is 6.65. The third kappa shape index (κ3) is 3.74. The Labute approximate surface area is 144 Å². The van der Waals surface area contributed by atoms with E-state index in [2.05, 4.69) is 28.1 Å². The predicted octanol–water partition coefficient (Wildman–Crippen LogP) is 5.42. The van der Waals surface area contributed by atoms with Crippen molar-refractivity contribution in [3.63, 3.8) is 0 Å². The molecule has 0 spiro atoms.